The molecule has 2 fully saturated rings. The van der Waals surface area contributed by atoms with Crippen LogP contribution >= 0.6 is 24.8 Å². The van der Waals surface area contributed by atoms with Crippen LogP contribution in [-0.4, -0.2) is 48.0 Å². The molecule has 2 heterocycles. The molecule has 1 saturated carbocycles. The van der Waals surface area contributed by atoms with Crippen LogP contribution in [0.15, 0.2) is 60.8 Å². The number of H-pyrrole nitrogens is 1. The topological polar surface area (TPSA) is 22.3 Å². The molecule has 168 valence electrons. The summed E-state index contributed by atoms with van der Waals surface area (Å²) in [6.45, 7) is 2.46. The molecule has 0 radical (unpaired) electrons. The molecule has 0 bridgehead atoms. The molecule has 2 aromatic carbocycles. The Morgan fingerprint density at radius 3 is 2.29 bits per heavy atom. The Hall–Kier alpha value is -1.52. The third-order valence-corrected chi connectivity index (χ3v) is 7.75. The minimum Gasteiger partial charge on any atom is -0.361 e. The maximum Gasteiger partial charge on any atom is 0.0456 e. The number of nitrogens with zero attached hydrogens (tertiary/aromatic N) is 2. The summed E-state index contributed by atoms with van der Waals surface area (Å²) in [6.07, 6.45) is 8.65. The maximum atomic E-state index is 3.48. The van der Waals surface area contributed by atoms with Crippen LogP contribution in [-0.2, 0) is 5.54 Å². The molecule has 1 saturated heterocycles. The lowest BCUT2D eigenvalue weighted by Gasteiger charge is -2.47. The summed E-state index contributed by atoms with van der Waals surface area (Å²) in [5.41, 5.74) is 4.48. The molecule has 0 spiro atoms. The molecule has 5 rings (SSSR count). The van der Waals surface area contributed by atoms with Crippen LogP contribution in [0.5, 0.6) is 0 Å². The Labute approximate surface area is 199 Å². The van der Waals surface area contributed by atoms with E-state index in [0.717, 1.165) is 6.04 Å². The molecule has 1 atom stereocenters. The quantitative estimate of drug-likeness (QED) is 0.501. The smallest absolute Gasteiger partial charge is 0.0456 e. The van der Waals surface area contributed by atoms with E-state index in [1.165, 1.54) is 67.2 Å². The van der Waals surface area contributed by atoms with Gasteiger partial charge in [0.25, 0.3) is 0 Å². The standard InChI is InChI=1S/C26H33N3.2ClH/c1-28(2)26(21-8-4-3-5-9-21)15-12-22(13-16-26)29-17-14-20(19-29)24-18-27-25-11-7-6-10-23(24)25;;/h3-11,18,20,22,27H,12-17,19H2,1-2H3;2*1H. The first-order valence-corrected chi connectivity index (χ1v) is 11.2. The molecule has 1 aliphatic heterocycles. The largest absolute Gasteiger partial charge is 0.361 e. The first kappa shape index (κ1) is 24.1. The minimum absolute atomic E-state index is 0. The second-order valence-corrected chi connectivity index (χ2v) is 9.29. The van der Waals surface area contributed by atoms with E-state index in [1.54, 1.807) is 0 Å². The summed E-state index contributed by atoms with van der Waals surface area (Å²) in [5.74, 6) is 0.667. The highest BCUT2D eigenvalue weighted by Gasteiger charge is 2.41. The summed E-state index contributed by atoms with van der Waals surface area (Å²) in [5, 5.41) is 1.42. The SMILES string of the molecule is CN(C)C1(c2ccccc2)CCC(N2CCC(c3c[nH]c4ccccc34)C2)CC1.Cl.Cl. The van der Waals surface area contributed by atoms with Crippen LogP contribution in [0, 0.1) is 0 Å². The Balaban J connectivity index is 0.00000136. The zero-order valence-electron chi connectivity index (χ0n) is 18.6. The number of hydrogen-bond donors (Lipinski definition) is 1. The molecule has 1 aromatic heterocycles. The first-order chi connectivity index (χ1) is 14.2. The van der Waals surface area contributed by atoms with E-state index in [-0.39, 0.29) is 30.4 Å². The second kappa shape index (κ2) is 9.95. The van der Waals surface area contributed by atoms with E-state index in [1.807, 2.05) is 0 Å². The molecule has 1 N–H and O–H groups in total. The van der Waals surface area contributed by atoms with Crippen molar-refractivity contribution in [3.63, 3.8) is 0 Å². The number of aromatic amines is 1. The van der Waals surface area contributed by atoms with Crippen LogP contribution in [0.3, 0.4) is 0 Å². The summed E-state index contributed by atoms with van der Waals surface area (Å²) in [6, 6.07) is 20.7. The fourth-order valence-electron chi connectivity index (χ4n) is 5.99. The van der Waals surface area contributed by atoms with Crippen molar-refractivity contribution in [3.05, 3.63) is 71.9 Å². The lowest BCUT2D eigenvalue weighted by Crippen LogP contribution is -2.48. The Morgan fingerprint density at radius 2 is 1.58 bits per heavy atom. The van der Waals surface area contributed by atoms with E-state index < -0.39 is 0 Å². The molecule has 0 amide bonds. The van der Waals surface area contributed by atoms with Gasteiger partial charge in [-0.3, -0.25) is 9.80 Å². The predicted octanol–water partition coefficient (Wildman–Crippen LogP) is 6.20. The number of para-hydroxylation sites is 1. The zero-order chi connectivity index (χ0) is 19.8. The van der Waals surface area contributed by atoms with E-state index in [2.05, 4.69) is 89.7 Å². The number of halogens is 2. The van der Waals surface area contributed by atoms with Gasteiger partial charge in [-0.05, 0) is 75.9 Å². The molecule has 3 nitrogen and oxygen atoms in total. The summed E-state index contributed by atoms with van der Waals surface area (Å²) in [7, 11) is 4.52. The molecule has 3 aromatic rings. The number of likely N-dealkylation sites (tertiary alicyclic amines) is 1. The van der Waals surface area contributed by atoms with Crippen molar-refractivity contribution in [2.45, 2.75) is 49.6 Å². The normalized spacial score (nSPS) is 26.5. The van der Waals surface area contributed by atoms with Crippen molar-refractivity contribution >= 4 is 35.7 Å². The zero-order valence-corrected chi connectivity index (χ0v) is 20.2. The molecule has 2 aliphatic rings. The fraction of sp³-hybridized carbons (Fsp3) is 0.462. The van der Waals surface area contributed by atoms with Gasteiger partial charge in [-0.25, -0.2) is 0 Å². The highest BCUT2D eigenvalue weighted by atomic mass is 35.5. The first-order valence-electron chi connectivity index (χ1n) is 11.2. The number of nitrogens with one attached hydrogen (secondary N) is 1. The van der Waals surface area contributed by atoms with Crippen LogP contribution in [0.4, 0.5) is 0 Å². The molecule has 1 aliphatic carbocycles. The highest BCUT2D eigenvalue weighted by molar-refractivity contribution is 5.85. The van der Waals surface area contributed by atoms with Crippen LogP contribution in [0.2, 0.25) is 0 Å². The lowest BCUT2D eigenvalue weighted by molar-refractivity contribution is 0.0564. The number of fused-ring (bicyclic) bond motifs is 1. The van der Waals surface area contributed by atoms with Crippen molar-refractivity contribution in [1.29, 1.82) is 0 Å². The van der Waals surface area contributed by atoms with E-state index in [4.69, 9.17) is 0 Å². The van der Waals surface area contributed by atoms with E-state index >= 15 is 0 Å². The Bertz CT molecular complexity index is 961. The predicted molar refractivity (Wildman–Crippen MR) is 136 cm³/mol. The second-order valence-electron chi connectivity index (χ2n) is 9.29. The van der Waals surface area contributed by atoms with E-state index in [0.29, 0.717) is 5.92 Å². The molecule has 31 heavy (non-hydrogen) atoms. The van der Waals surface area contributed by atoms with Gasteiger partial charge in [0.1, 0.15) is 0 Å². The van der Waals surface area contributed by atoms with Gasteiger partial charge in [0.2, 0.25) is 0 Å². The fourth-order valence-corrected chi connectivity index (χ4v) is 5.99. The molecular weight excluding hydrogens is 425 g/mol. The van der Waals surface area contributed by atoms with Crippen molar-refractivity contribution in [2.75, 3.05) is 27.2 Å². The van der Waals surface area contributed by atoms with Gasteiger partial charge in [-0.1, -0.05) is 48.5 Å². The molecular formula is C26H35Cl2N3. The van der Waals surface area contributed by atoms with Gasteiger partial charge in [0.15, 0.2) is 0 Å². The van der Waals surface area contributed by atoms with Gasteiger partial charge in [-0.15, -0.1) is 24.8 Å². The highest BCUT2D eigenvalue weighted by Crippen LogP contribution is 2.43. The average Bonchev–Trinajstić information content (AvgIpc) is 3.41. The van der Waals surface area contributed by atoms with Gasteiger partial charge in [-0.2, -0.15) is 0 Å². The van der Waals surface area contributed by atoms with Crippen molar-refractivity contribution in [3.8, 4) is 0 Å². The average molecular weight is 460 g/mol. The third-order valence-electron chi connectivity index (χ3n) is 7.75. The monoisotopic (exact) mass is 459 g/mol. The summed E-state index contributed by atoms with van der Waals surface area (Å²) in [4.78, 5) is 8.74. The Morgan fingerprint density at radius 1 is 0.903 bits per heavy atom. The minimum atomic E-state index is 0. The van der Waals surface area contributed by atoms with Crippen molar-refractivity contribution < 1.29 is 0 Å². The Kier molecular flexibility index (Phi) is 7.75. The lowest BCUT2D eigenvalue weighted by atomic mass is 9.73. The van der Waals surface area contributed by atoms with Crippen molar-refractivity contribution in [1.82, 2.24) is 14.8 Å². The van der Waals surface area contributed by atoms with Gasteiger partial charge in [0.05, 0.1) is 0 Å². The van der Waals surface area contributed by atoms with Gasteiger partial charge in [0, 0.05) is 35.2 Å². The maximum absolute atomic E-state index is 3.48. The number of benzene rings is 2. The van der Waals surface area contributed by atoms with Gasteiger partial charge >= 0.3 is 0 Å². The number of rotatable bonds is 4. The number of hydrogen-bond acceptors (Lipinski definition) is 2. The third kappa shape index (κ3) is 4.39. The van der Waals surface area contributed by atoms with Crippen LogP contribution in [0.1, 0.15) is 49.1 Å². The van der Waals surface area contributed by atoms with Crippen LogP contribution in [0.25, 0.3) is 10.9 Å². The van der Waals surface area contributed by atoms with Crippen molar-refractivity contribution in [2.24, 2.45) is 0 Å². The van der Waals surface area contributed by atoms with Crippen LogP contribution < -0.4 is 0 Å². The molecule has 1 unspecified atom stereocenters. The number of aromatic nitrogens is 1. The molecule has 5 heteroatoms. The summed E-state index contributed by atoms with van der Waals surface area (Å²) >= 11 is 0. The van der Waals surface area contributed by atoms with E-state index in [9.17, 15) is 0 Å². The van der Waals surface area contributed by atoms with Gasteiger partial charge < -0.3 is 4.98 Å². The summed E-state index contributed by atoms with van der Waals surface area (Å²) < 4.78 is 0.